The van der Waals surface area contributed by atoms with E-state index in [0.29, 0.717) is 0 Å². The highest BCUT2D eigenvalue weighted by molar-refractivity contribution is 7.89. The molecule has 0 aliphatic heterocycles. The molecule has 3 rings (SSSR count). The van der Waals surface area contributed by atoms with Crippen molar-refractivity contribution in [2.24, 2.45) is 0 Å². The van der Waals surface area contributed by atoms with E-state index in [0.717, 1.165) is 15.2 Å². The maximum absolute atomic E-state index is 12.5. The minimum absolute atomic E-state index is 0.0486. The van der Waals surface area contributed by atoms with E-state index >= 15 is 0 Å². The molecule has 0 saturated heterocycles. The first-order chi connectivity index (χ1) is 12.9. The van der Waals surface area contributed by atoms with Crippen molar-refractivity contribution >= 4 is 37.5 Å². The molecular formula is C19H21N3O3S2. The third-order valence-corrected chi connectivity index (χ3v) is 7.01. The van der Waals surface area contributed by atoms with Gasteiger partial charge in [-0.1, -0.05) is 30.3 Å². The summed E-state index contributed by atoms with van der Waals surface area (Å²) in [5.41, 5.74) is 0.917. The van der Waals surface area contributed by atoms with Gasteiger partial charge in [0, 0.05) is 20.0 Å². The third-order valence-electron chi connectivity index (χ3n) is 4.33. The summed E-state index contributed by atoms with van der Waals surface area (Å²) < 4.78 is 27.9. The van der Waals surface area contributed by atoms with E-state index in [4.69, 9.17) is 0 Å². The highest BCUT2D eigenvalue weighted by atomic mass is 32.2. The molecule has 1 amide bonds. The molecule has 8 heteroatoms. The number of para-hydroxylation sites is 1. The predicted octanol–water partition coefficient (Wildman–Crippen LogP) is 3.18. The standard InChI is InChI=1S/C19H21N3O3S2/c1-14(19-21-16-10-6-7-11-17(16)26-19)22(2)18(23)12-13-20-27(24,25)15-8-4-3-5-9-15/h3-11,14,20H,12-13H2,1-2H3/t14-/m0/s1. The summed E-state index contributed by atoms with van der Waals surface area (Å²) in [6.45, 7) is 1.97. The second-order valence-electron chi connectivity index (χ2n) is 6.16. The Hall–Kier alpha value is -2.29. The summed E-state index contributed by atoms with van der Waals surface area (Å²) in [6, 6.07) is 15.8. The quantitative estimate of drug-likeness (QED) is 0.657. The van der Waals surface area contributed by atoms with Crippen LogP contribution in [0.5, 0.6) is 0 Å². The molecule has 1 aromatic heterocycles. The van der Waals surface area contributed by atoms with Crippen LogP contribution >= 0.6 is 11.3 Å². The summed E-state index contributed by atoms with van der Waals surface area (Å²) in [5, 5.41) is 0.858. The Morgan fingerprint density at radius 3 is 2.52 bits per heavy atom. The van der Waals surface area contributed by atoms with Crippen molar-refractivity contribution in [1.29, 1.82) is 0 Å². The molecule has 2 aromatic carbocycles. The molecule has 1 heterocycles. The van der Waals surface area contributed by atoms with Gasteiger partial charge in [0.15, 0.2) is 0 Å². The molecule has 1 N–H and O–H groups in total. The monoisotopic (exact) mass is 403 g/mol. The van der Waals surface area contributed by atoms with Crippen molar-refractivity contribution in [3.05, 3.63) is 59.6 Å². The molecule has 1 atom stereocenters. The Morgan fingerprint density at radius 2 is 1.81 bits per heavy atom. The van der Waals surface area contributed by atoms with Crippen LogP contribution in [0.4, 0.5) is 0 Å². The maximum atomic E-state index is 12.5. The lowest BCUT2D eigenvalue weighted by atomic mass is 10.2. The average molecular weight is 404 g/mol. The number of rotatable bonds is 7. The molecule has 142 valence electrons. The number of hydrogen-bond acceptors (Lipinski definition) is 5. The number of sulfonamides is 1. The lowest BCUT2D eigenvalue weighted by Gasteiger charge is -2.23. The van der Waals surface area contributed by atoms with Crippen LogP contribution in [0, 0.1) is 0 Å². The van der Waals surface area contributed by atoms with Crippen molar-refractivity contribution in [1.82, 2.24) is 14.6 Å². The predicted molar refractivity (Wildman–Crippen MR) is 107 cm³/mol. The van der Waals surface area contributed by atoms with Gasteiger partial charge in [-0.25, -0.2) is 18.1 Å². The molecule has 0 bridgehead atoms. The van der Waals surface area contributed by atoms with Gasteiger partial charge in [-0.2, -0.15) is 0 Å². The Kier molecular flexibility index (Phi) is 5.88. The zero-order valence-electron chi connectivity index (χ0n) is 15.1. The van der Waals surface area contributed by atoms with Gasteiger partial charge in [-0.15, -0.1) is 11.3 Å². The summed E-state index contributed by atoms with van der Waals surface area (Å²) in [6.07, 6.45) is 0.0811. The second-order valence-corrected chi connectivity index (χ2v) is 8.99. The number of carbonyl (C=O) groups is 1. The van der Waals surface area contributed by atoms with Crippen LogP contribution in [0.25, 0.3) is 10.2 Å². The molecule has 0 fully saturated rings. The van der Waals surface area contributed by atoms with Crippen molar-refractivity contribution in [3.63, 3.8) is 0 Å². The third kappa shape index (κ3) is 4.52. The fraction of sp³-hybridized carbons (Fsp3) is 0.263. The average Bonchev–Trinajstić information content (AvgIpc) is 3.11. The van der Waals surface area contributed by atoms with Crippen molar-refractivity contribution in [3.8, 4) is 0 Å². The minimum Gasteiger partial charge on any atom is -0.337 e. The fourth-order valence-corrected chi connectivity index (χ4v) is 4.72. The van der Waals surface area contributed by atoms with Crippen LogP contribution in [0.3, 0.4) is 0 Å². The van der Waals surface area contributed by atoms with E-state index in [-0.39, 0.29) is 29.8 Å². The van der Waals surface area contributed by atoms with Gasteiger partial charge < -0.3 is 4.90 Å². The number of benzene rings is 2. The smallest absolute Gasteiger partial charge is 0.240 e. The Labute approximate surface area is 162 Å². The molecule has 6 nitrogen and oxygen atoms in total. The first-order valence-electron chi connectivity index (χ1n) is 8.54. The number of fused-ring (bicyclic) bond motifs is 1. The molecule has 3 aromatic rings. The van der Waals surface area contributed by atoms with Crippen LogP contribution in [0.2, 0.25) is 0 Å². The molecular weight excluding hydrogens is 382 g/mol. The largest absolute Gasteiger partial charge is 0.337 e. The maximum Gasteiger partial charge on any atom is 0.240 e. The number of carbonyl (C=O) groups excluding carboxylic acids is 1. The highest BCUT2D eigenvalue weighted by Gasteiger charge is 2.21. The Bertz CT molecular complexity index is 1000. The lowest BCUT2D eigenvalue weighted by Crippen LogP contribution is -2.33. The first-order valence-corrected chi connectivity index (χ1v) is 10.8. The molecule has 0 unspecified atom stereocenters. The molecule has 0 spiro atoms. The van der Waals surface area contributed by atoms with Crippen LogP contribution in [0.15, 0.2) is 59.5 Å². The van der Waals surface area contributed by atoms with E-state index in [9.17, 15) is 13.2 Å². The molecule has 0 aliphatic rings. The highest BCUT2D eigenvalue weighted by Crippen LogP contribution is 2.28. The first kappa shape index (κ1) is 19.5. The summed E-state index contributed by atoms with van der Waals surface area (Å²) in [7, 11) is -1.89. The Morgan fingerprint density at radius 1 is 1.15 bits per heavy atom. The number of nitrogens with one attached hydrogen (secondary N) is 1. The molecule has 27 heavy (non-hydrogen) atoms. The zero-order valence-corrected chi connectivity index (χ0v) is 16.8. The van der Waals surface area contributed by atoms with Crippen LogP contribution < -0.4 is 4.72 Å². The van der Waals surface area contributed by atoms with E-state index in [2.05, 4.69) is 9.71 Å². The molecule has 0 saturated carbocycles. The molecule has 0 aliphatic carbocycles. The van der Waals surface area contributed by atoms with E-state index in [1.807, 2.05) is 31.2 Å². The van der Waals surface area contributed by atoms with Crippen LogP contribution in [-0.2, 0) is 14.8 Å². The van der Waals surface area contributed by atoms with E-state index in [1.165, 1.54) is 12.1 Å². The van der Waals surface area contributed by atoms with Gasteiger partial charge in [-0.3, -0.25) is 4.79 Å². The number of amides is 1. The SMILES string of the molecule is C[C@@H](c1nc2ccccc2s1)N(C)C(=O)CCNS(=O)(=O)c1ccccc1. The second kappa shape index (κ2) is 8.16. The van der Waals surface area contributed by atoms with Crippen molar-refractivity contribution < 1.29 is 13.2 Å². The summed E-state index contributed by atoms with van der Waals surface area (Å²) in [4.78, 5) is 18.8. The molecule has 0 radical (unpaired) electrons. The van der Waals surface area contributed by atoms with Gasteiger partial charge in [-0.05, 0) is 31.2 Å². The lowest BCUT2D eigenvalue weighted by molar-refractivity contribution is -0.131. The van der Waals surface area contributed by atoms with Crippen molar-refractivity contribution in [2.75, 3.05) is 13.6 Å². The van der Waals surface area contributed by atoms with Crippen molar-refractivity contribution in [2.45, 2.75) is 24.3 Å². The number of aromatic nitrogens is 1. The number of hydrogen-bond donors (Lipinski definition) is 1. The summed E-state index contributed by atoms with van der Waals surface area (Å²) in [5.74, 6) is -0.141. The Balaban J connectivity index is 1.59. The summed E-state index contributed by atoms with van der Waals surface area (Å²) >= 11 is 1.56. The van der Waals surface area contributed by atoms with Gasteiger partial charge in [0.05, 0.1) is 21.2 Å². The number of nitrogens with zero attached hydrogens (tertiary/aromatic N) is 2. The minimum atomic E-state index is -3.60. The van der Waals surface area contributed by atoms with Crippen LogP contribution in [0.1, 0.15) is 24.4 Å². The van der Waals surface area contributed by atoms with Gasteiger partial charge >= 0.3 is 0 Å². The zero-order chi connectivity index (χ0) is 19.4. The van der Waals surface area contributed by atoms with Gasteiger partial charge in [0.2, 0.25) is 15.9 Å². The van der Waals surface area contributed by atoms with E-state index < -0.39 is 10.0 Å². The topological polar surface area (TPSA) is 79.4 Å². The fourth-order valence-electron chi connectivity index (χ4n) is 2.60. The van der Waals surface area contributed by atoms with E-state index in [1.54, 1.807) is 41.5 Å². The normalized spacial score (nSPS) is 12.8. The van der Waals surface area contributed by atoms with Crippen LogP contribution in [-0.4, -0.2) is 37.8 Å². The van der Waals surface area contributed by atoms with Gasteiger partial charge in [0.25, 0.3) is 0 Å². The van der Waals surface area contributed by atoms with Gasteiger partial charge in [0.1, 0.15) is 5.01 Å². The number of thiazole rings is 1.